The molecule has 6 heteroatoms. The Hall–Kier alpha value is -0.883. The van der Waals surface area contributed by atoms with Crippen LogP contribution in [0.4, 0.5) is 17.6 Å². The third-order valence-corrected chi connectivity index (χ3v) is 8.72. The molecule has 1 aliphatic carbocycles. The summed E-state index contributed by atoms with van der Waals surface area (Å²) < 4.78 is 55.7. The number of hydrogen-bond donors (Lipinski definition) is 0. The molecule has 0 saturated carbocycles. The van der Waals surface area contributed by atoms with Gasteiger partial charge in [-0.1, -0.05) is 65.5 Å². The van der Waals surface area contributed by atoms with Crippen molar-refractivity contribution in [3.8, 4) is 0 Å². The van der Waals surface area contributed by atoms with E-state index in [0.29, 0.717) is 11.6 Å². The van der Waals surface area contributed by atoms with Crippen LogP contribution in [0.25, 0.3) is 0 Å². The van der Waals surface area contributed by atoms with Crippen molar-refractivity contribution in [2.45, 2.75) is 43.6 Å². The largest absolute Gasteiger partial charge is 0.367 e. The molecule has 0 N–H and O–H groups in total. The zero-order valence-corrected chi connectivity index (χ0v) is 15.9. The molecule has 0 unspecified atom stereocenters. The van der Waals surface area contributed by atoms with Gasteiger partial charge in [-0.15, -0.1) is 0 Å². The summed E-state index contributed by atoms with van der Waals surface area (Å²) in [6, 6.07) is 9.36. The molecule has 0 aliphatic heterocycles. The number of halogens is 5. The van der Waals surface area contributed by atoms with Gasteiger partial charge in [0.2, 0.25) is 0 Å². The number of rotatable bonds is 4. The van der Waals surface area contributed by atoms with Gasteiger partial charge in [0.15, 0.2) is 0 Å². The molecule has 0 fully saturated rings. The monoisotopic (exact) mass is 406 g/mol. The van der Waals surface area contributed by atoms with Crippen LogP contribution in [-0.2, 0) is 0 Å². The van der Waals surface area contributed by atoms with Gasteiger partial charge in [-0.25, -0.2) is 0 Å². The molecule has 0 nitrogen and oxygen atoms in total. The highest BCUT2D eigenvalue weighted by atomic mass is 79.9. The molecule has 1 aromatic rings. The molecule has 0 atom stereocenters. The summed E-state index contributed by atoms with van der Waals surface area (Å²) >= 11 is 1.88. The average Bonchev–Trinajstić information content (AvgIpc) is 2.46. The average molecular weight is 407 g/mol. The Morgan fingerprint density at radius 2 is 1.61 bits per heavy atom. The van der Waals surface area contributed by atoms with Gasteiger partial charge in [0, 0.05) is 5.57 Å². The van der Waals surface area contributed by atoms with Gasteiger partial charge in [0.25, 0.3) is 0 Å². The highest BCUT2D eigenvalue weighted by Crippen LogP contribution is 2.49. The summed E-state index contributed by atoms with van der Waals surface area (Å²) in [7, 11) is -2.47. The maximum absolute atomic E-state index is 14.4. The fraction of sp³-hybridized carbons (Fsp3) is 0.412. The van der Waals surface area contributed by atoms with E-state index in [-0.39, 0.29) is 6.42 Å². The molecule has 0 amide bonds. The van der Waals surface area contributed by atoms with Crippen LogP contribution in [-0.4, -0.2) is 18.8 Å². The molecule has 0 bridgehead atoms. The minimum Gasteiger partial charge on any atom is -0.194 e. The van der Waals surface area contributed by atoms with Crippen molar-refractivity contribution in [3.63, 3.8) is 0 Å². The van der Waals surface area contributed by atoms with Gasteiger partial charge >= 0.3 is 10.8 Å². The molecule has 0 aromatic heterocycles. The highest BCUT2D eigenvalue weighted by Gasteiger charge is 2.58. The fourth-order valence-electron chi connectivity index (χ4n) is 2.97. The zero-order chi connectivity index (χ0) is 17.5. The van der Waals surface area contributed by atoms with Crippen LogP contribution in [0.1, 0.15) is 19.8 Å². The quantitative estimate of drug-likeness (QED) is 0.256. The van der Waals surface area contributed by atoms with Gasteiger partial charge in [-0.3, -0.25) is 0 Å². The van der Waals surface area contributed by atoms with Gasteiger partial charge < -0.3 is 0 Å². The Labute approximate surface area is 143 Å². The Morgan fingerprint density at radius 1 is 1.04 bits per heavy atom. The van der Waals surface area contributed by atoms with Crippen LogP contribution in [0.15, 0.2) is 52.8 Å². The van der Waals surface area contributed by atoms with Crippen LogP contribution in [0.2, 0.25) is 13.1 Å². The number of alkyl halides is 5. The lowest BCUT2D eigenvalue weighted by atomic mass is 9.95. The second-order valence-corrected chi connectivity index (χ2v) is 11.9. The van der Waals surface area contributed by atoms with Crippen LogP contribution in [0.5, 0.6) is 0 Å². The molecule has 2 rings (SSSR count). The summed E-state index contributed by atoms with van der Waals surface area (Å²) in [6.07, 6.45) is 1.84. The Balaban J connectivity index is 2.62. The van der Waals surface area contributed by atoms with E-state index in [1.54, 1.807) is 6.08 Å². The second kappa shape index (κ2) is 6.20. The molecule has 0 spiro atoms. The maximum Gasteiger partial charge on any atom is 0.367 e. The van der Waals surface area contributed by atoms with E-state index in [4.69, 9.17) is 0 Å². The van der Waals surface area contributed by atoms with Crippen molar-refractivity contribution in [2.24, 2.45) is 0 Å². The van der Waals surface area contributed by atoms with Crippen LogP contribution in [0, 0.1) is 0 Å². The Kier molecular flexibility index (Phi) is 4.98. The molecule has 0 radical (unpaired) electrons. The predicted octanol–water partition coefficient (Wildman–Crippen LogP) is 5.80. The summed E-state index contributed by atoms with van der Waals surface area (Å²) in [5, 5.41) is 1.48. The topological polar surface area (TPSA) is 0 Å². The summed E-state index contributed by atoms with van der Waals surface area (Å²) in [5.74, 6) is -4.20. The number of benzene rings is 1. The van der Waals surface area contributed by atoms with Gasteiger partial charge in [0.1, 0.15) is 8.07 Å². The number of allylic oxidation sites excluding steroid dienone is 4. The summed E-state index contributed by atoms with van der Waals surface area (Å²) in [5.41, 5.74) is 0.527. The standard InChI is InChI=1S/C17H19BrF4Si/c1-12-9-10-14(16(19,20)17(18,21)22)15(11-12)23(2,3)13-7-5-4-6-8-13/h4-9H,10-11H2,1-3H3. The fourth-order valence-corrected chi connectivity index (χ4v) is 6.32. The first-order chi connectivity index (χ1) is 10.5. The van der Waals surface area contributed by atoms with E-state index in [1.165, 1.54) is 0 Å². The summed E-state index contributed by atoms with van der Waals surface area (Å²) in [4.78, 5) is -4.25. The van der Waals surface area contributed by atoms with E-state index < -0.39 is 24.4 Å². The highest BCUT2D eigenvalue weighted by molar-refractivity contribution is 9.10. The second-order valence-electron chi connectivity index (χ2n) is 6.45. The third-order valence-electron chi connectivity index (χ3n) is 4.46. The van der Waals surface area contributed by atoms with Crippen molar-refractivity contribution in [1.29, 1.82) is 0 Å². The Bertz CT molecular complexity index is 642. The summed E-state index contributed by atoms with van der Waals surface area (Å²) in [6.45, 7) is 5.74. The minimum atomic E-state index is -4.25. The van der Waals surface area contributed by atoms with Crippen LogP contribution < -0.4 is 5.19 Å². The lowest BCUT2D eigenvalue weighted by Gasteiger charge is -2.36. The molecular formula is C17H19BrF4Si. The van der Waals surface area contributed by atoms with Crippen molar-refractivity contribution in [1.82, 2.24) is 0 Å². The van der Waals surface area contributed by atoms with Gasteiger partial charge in [0.05, 0.1) is 0 Å². The molecule has 0 heterocycles. The van der Waals surface area contributed by atoms with Crippen molar-refractivity contribution < 1.29 is 17.6 Å². The van der Waals surface area contributed by atoms with E-state index in [2.05, 4.69) is 0 Å². The van der Waals surface area contributed by atoms with Crippen LogP contribution >= 0.6 is 15.9 Å². The van der Waals surface area contributed by atoms with Crippen molar-refractivity contribution in [3.05, 3.63) is 52.8 Å². The number of hydrogen-bond acceptors (Lipinski definition) is 0. The third kappa shape index (κ3) is 3.48. The van der Waals surface area contributed by atoms with Gasteiger partial charge in [-0.2, -0.15) is 17.6 Å². The van der Waals surface area contributed by atoms with Gasteiger partial charge in [-0.05, 0) is 35.7 Å². The molecular weight excluding hydrogens is 388 g/mol. The minimum absolute atomic E-state index is 0.126. The zero-order valence-electron chi connectivity index (χ0n) is 13.3. The Morgan fingerprint density at radius 3 is 2.13 bits per heavy atom. The molecule has 0 saturated heterocycles. The lowest BCUT2D eigenvalue weighted by molar-refractivity contribution is -0.121. The normalized spacial score (nSPS) is 17.3. The maximum atomic E-state index is 14.4. The first kappa shape index (κ1) is 18.5. The van der Waals surface area contributed by atoms with Crippen molar-refractivity contribution >= 4 is 29.2 Å². The molecule has 126 valence electrons. The lowest BCUT2D eigenvalue weighted by Crippen LogP contribution is -2.48. The van der Waals surface area contributed by atoms with Crippen LogP contribution in [0.3, 0.4) is 0 Å². The molecule has 23 heavy (non-hydrogen) atoms. The van der Waals surface area contributed by atoms with E-state index in [9.17, 15) is 17.6 Å². The predicted molar refractivity (Wildman–Crippen MR) is 92.4 cm³/mol. The van der Waals surface area contributed by atoms with E-state index >= 15 is 0 Å². The van der Waals surface area contributed by atoms with E-state index in [0.717, 1.165) is 10.8 Å². The SMILES string of the molecule is CC1=CCC(C(F)(F)C(F)(F)Br)=C([Si](C)(C)c2ccccc2)C1. The van der Waals surface area contributed by atoms with E-state index in [1.807, 2.05) is 66.3 Å². The first-order valence-corrected chi connectivity index (χ1v) is 11.2. The smallest absolute Gasteiger partial charge is 0.194 e. The first-order valence-electron chi connectivity index (χ1n) is 7.36. The molecule has 1 aromatic carbocycles. The van der Waals surface area contributed by atoms with Crippen molar-refractivity contribution in [2.75, 3.05) is 0 Å². The molecule has 1 aliphatic rings.